The highest BCUT2D eigenvalue weighted by Gasteiger charge is 2.75. The first kappa shape index (κ1) is 21.5. The van der Waals surface area contributed by atoms with E-state index in [1.165, 1.54) is 6.07 Å². The second-order valence-electron chi connectivity index (χ2n) is 7.08. The predicted octanol–water partition coefficient (Wildman–Crippen LogP) is 0.318. The Kier molecular flexibility index (Phi) is 4.92. The van der Waals surface area contributed by atoms with E-state index in [4.69, 9.17) is 16.3 Å². The highest BCUT2D eigenvalue weighted by atomic mass is 35.5. The van der Waals surface area contributed by atoms with Gasteiger partial charge in [0, 0.05) is 6.07 Å². The lowest BCUT2D eigenvalue weighted by Crippen LogP contribution is -2.82. The molecule has 11 heteroatoms. The van der Waals surface area contributed by atoms with Crippen LogP contribution in [-0.2, 0) is 19.1 Å². The number of fused-ring (bicyclic) bond motifs is 1. The van der Waals surface area contributed by atoms with E-state index in [9.17, 15) is 34.1 Å². The van der Waals surface area contributed by atoms with Crippen molar-refractivity contribution in [2.45, 2.75) is 43.8 Å². The van der Waals surface area contributed by atoms with Crippen LogP contribution in [0.1, 0.15) is 27.0 Å². The molecule has 0 amide bonds. The van der Waals surface area contributed by atoms with E-state index in [1.807, 2.05) is 0 Å². The molecule has 9 nitrogen and oxygen atoms in total. The molecule has 0 bridgehead atoms. The Hall–Kier alpha value is -2.24. The average molecular weight is 429 g/mol. The second kappa shape index (κ2) is 6.64. The minimum absolute atomic E-state index is 0.0238. The summed E-state index contributed by atoms with van der Waals surface area (Å²) in [5.74, 6) is -4.33. The fourth-order valence-electron chi connectivity index (χ4n) is 3.75. The number of ketones is 3. The van der Waals surface area contributed by atoms with Gasteiger partial charge in [0.2, 0.25) is 11.2 Å². The van der Waals surface area contributed by atoms with Crippen molar-refractivity contribution in [3.05, 3.63) is 29.3 Å². The zero-order valence-corrected chi connectivity index (χ0v) is 16.4. The van der Waals surface area contributed by atoms with Crippen LogP contribution >= 0.6 is 11.6 Å². The first-order chi connectivity index (χ1) is 13.3. The Morgan fingerprint density at radius 2 is 1.79 bits per heavy atom. The monoisotopic (exact) mass is 428 g/mol. The number of carbonyl (C=O) groups is 3. The molecular formula is C18H18ClFN2O7. The third-order valence-electron chi connectivity index (χ3n) is 5.46. The van der Waals surface area contributed by atoms with Crippen molar-refractivity contribution < 1.29 is 38.8 Å². The molecule has 0 unspecified atom stereocenters. The maximum atomic E-state index is 14.0. The molecule has 1 saturated heterocycles. The van der Waals surface area contributed by atoms with Crippen molar-refractivity contribution in [3.63, 3.8) is 0 Å². The number of imidazole rings is 1. The van der Waals surface area contributed by atoms with E-state index in [0.717, 1.165) is 37.7 Å². The van der Waals surface area contributed by atoms with E-state index in [2.05, 4.69) is 4.98 Å². The van der Waals surface area contributed by atoms with Gasteiger partial charge in [0.15, 0.2) is 29.2 Å². The Labute approximate surface area is 168 Å². The molecule has 3 rings (SSSR count). The Morgan fingerprint density at radius 3 is 2.31 bits per heavy atom. The molecule has 1 aromatic heterocycles. The summed E-state index contributed by atoms with van der Waals surface area (Å²) in [5, 5.41) is 33.0. The van der Waals surface area contributed by atoms with E-state index in [0.29, 0.717) is 0 Å². The van der Waals surface area contributed by atoms with Crippen LogP contribution in [0.15, 0.2) is 18.5 Å². The standard InChI is InChI=1S/C18H18ClFN2O7/c1-8(23)16(26)6-29-15(17(27,9(2)24)18(16,28)10(3)25)22-7-21-13-4-11(19)12(20)5-14(13)22/h4-5,7,15,26-28H,6H2,1-3H3/t15-,16+,17+,18-/m1/s1. The second-order valence-corrected chi connectivity index (χ2v) is 7.48. The van der Waals surface area contributed by atoms with Crippen molar-refractivity contribution in [3.8, 4) is 0 Å². The Balaban J connectivity index is 2.32. The summed E-state index contributed by atoms with van der Waals surface area (Å²) in [6.07, 6.45) is -0.739. The third kappa shape index (κ3) is 2.60. The van der Waals surface area contributed by atoms with E-state index in [1.54, 1.807) is 0 Å². The predicted molar refractivity (Wildman–Crippen MR) is 96.6 cm³/mol. The van der Waals surface area contributed by atoms with Crippen molar-refractivity contribution in [2.24, 2.45) is 0 Å². The first-order valence-corrected chi connectivity index (χ1v) is 8.83. The lowest BCUT2D eigenvalue weighted by Gasteiger charge is -2.54. The molecule has 4 atom stereocenters. The quantitative estimate of drug-likeness (QED) is 0.632. The van der Waals surface area contributed by atoms with Gasteiger partial charge in [-0.05, 0) is 26.8 Å². The van der Waals surface area contributed by atoms with Crippen molar-refractivity contribution >= 4 is 40.0 Å². The van der Waals surface area contributed by atoms with Gasteiger partial charge in [0.1, 0.15) is 5.82 Å². The van der Waals surface area contributed by atoms with Crippen LogP contribution in [0.2, 0.25) is 5.02 Å². The van der Waals surface area contributed by atoms with Crippen molar-refractivity contribution in [2.75, 3.05) is 6.61 Å². The number of nitrogens with zero attached hydrogens (tertiary/aromatic N) is 2. The number of benzene rings is 1. The Bertz CT molecular complexity index is 1060. The number of aliphatic hydroxyl groups is 3. The summed E-state index contributed by atoms with van der Waals surface area (Å²) in [4.78, 5) is 41.0. The molecule has 0 saturated carbocycles. The zero-order chi connectivity index (χ0) is 21.9. The summed E-state index contributed by atoms with van der Waals surface area (Å²) in [6, 6.07) is 2.16. The van der Waals surface area contributed by atoms with Crippen molar-refractivity contribution in [1.29, 1.82) is 0 Å². The molecule has 1 aliphatic rings. The number of aromatic nitrogens is 2. The van der Waals surface area contributed by atoms with Crippen LogP contribution in [0, 0.1) is 5.82 Å². The SMILES string of the molecule is CC(=O)[C@@]1(O)[C@@](O)(C(C)=O)CO[C@@H](n2cnc3cc(Cl)c(F)cc32)[C@@]1(O)C(C)=O. The maximum Gasteiger partial charge on any atom is 0.207 e. The van der Waals surface area contributed by atoms with Gasteiger partial charge in [0.05, 0.1) is 29.0 Å². The topological polar surface area (TPSA) is 139 Å². The highest BCUT2D eigenvalue weighted by Crippen LogP contribution is 2.48. The van der Waals surface area contributed by atoms with Crippen LogP contribution in [0.25, 0.3) is 11.0 Å². The van der Waals surface area contributed by atoms with E-state index >= 15 is 0 Å². The molecule has 156 valence electrons. The minimum Gasteiger partial charge on any atom is -0.376 e. The van der Waals surface area contributed by atoms with E-state index in [-0.39, 0.29) is 16.1 Å². The van der Waals surface area contributed by atoms with Crippen LogP contribution in [-0.4, -0.2) is 65.6 Å². The summed E-state index contributed by atoms with van der Waals surface area (Å²) < 4.78 is 20.4. The number of hydrogen-bond acceptors (Lipinski definition) is 8. The molecule has 1 fully saturated rings. The van der Waals surface area contributed by atoms with Crippen LogP contribution in [0.3, 0.4) is 0 Å². The number of rotatable bonds is 4. The molecule has 0 spiro atoms. The molecule has 0 radical (unpaired) electrons. The first-order valence-electron chi connectivity index (χ1n) is 8.45. The molecule has 2 heterocycles. The molecule has 1 aromatic carbocycles. The molecule has 29 heavy (non-hydrogen) atoms. The van der Waals surface area contributed by atoms with Crippen LogP contribution in [0.4, 0.5) is 4.39 Å². The summed E-state index contributed by atoms with van der Waals surface area (Å²) in [5.41, 5.74) is -9.07. The fraction of sp³-hybridized carbons (Fsp3) is 0.444. The average Bonchev–Trinajstić information content (AvgIpc) is 3.02. The van der Waals surface area contributed by atoms with Gasteiger partial charge in [-0.1, -0.05) is 11.6 Å². The summed E-state index contributed by atoms with van der Waals surface area (Å²) in [7, 11) is 0. The van der Waals surface area contributed by atoms with Gasteiger partial charge in [-0.25, -0.2) is 9.37 Å². The van der Waals surface area contributed by atoms with Crippen LogP contribution in [0.5, 0.6) is 0 Å². The number of Topliss-reactive ketones (excluding diaryl/α,β-unsaturated/α-hetero) is 3. The minimum atomic E-state index is -3.25. The molecule has 0 aliphatic carbocycles. The molecule has 1 aliphatic heterocycles. The van der Waals surface area contributed by atoms with Gasteiger partial charge in [-0.15, -0.1) is 0 Å². The lowest BCUT2D eigenvalue weighted by atomic mass is 9.63. The van der Waals surface area contributed by atoms with Gasteiger partial charge in [-0.3, -0.25) is 14.4 Å². The van der Waals surface area contributed by atoms with Gasteiger partial charge in [-0.2, -0.15) is 0 Å². The third-order valence-corrected chi connectivity index (χ3v) is 5.75. The maximum absolute atomic E-state index is 14.0. The van der Waals surface area contributed by atoms with E-state index < -0.39 is 52.8 Å². The summed E-state index contributed by atoms with van der Waals surface area (Å²) >= 11 is 5.73. The van der Waals surface area contributed by atoms with Crippen LogP contribution < -0.4 is 0 Å². The number of halogens is 2. The highest BCUT2D eigenvalue weighted by molar-refractivity contribution is 6.31. The smallest absolute Gasteiger partial charge is 0.207 e. The molecule has 3 N–H and O–H groups in total. The van der Waals surface area contributed by atoms with Gasteiger partial charge in [0.25, 0.3) is 0 Å². The number of hydrogen-bond donors (Lipinski definition) is 3. The van der Waals surface area contributed by atoms with Gasteiger partial charge < -0.3 is 24.6 Å². The van der Waals surface area contributed by atoms with Crippen molar-refractivity contribution in [1.82, 2.24) is 9.55 Å². The molecule has 2 aromatic rings. The number of carbonyl (C=O) groups excluding carboxylic acids is 3. The Morgan fingerprint density at radius 1 is 1.17 bits per heavy atom. The van der Waals surface area contributed by atoms with Gasteiger partial charge >= 0.3 is 0 Å². The fourth-order valence-corrected chi connectivity index (χ4v) is 3.91. The molecular weight excluding hydrogens is 411 g/mol. The summed E-state index contributed by atoms with van der Waals surface area (Å²) in [6.45, 7) is 1.62. The lowest BCUT2D eigenvalue weighted by molar-refractivity contribution is -0.310. The zero-order valence-electron chi connectivity index (χ0n) is 15.6. The largest absolute Gasteiger partial charge is 0.376 e. The normalized spacial score (nSPS) is 32.3. The number of ether oxygens (including phenoxy) is 1.